The van der Waals surface area contributed by atoms with E-state index in [4.69, 9.17) is 0 Å². The molecule has 1 aromatic rings. The van der Waals surface area contributed by atoms with Crippen LogP contribution in [0.3, 0.4) is 0 Å². The normalized spacial score (nSPS) is 11.5. The molecule has 0 bridgehead atoms. The van der Waals surface area contributed by atoms with E-state index in [0.717, 1.165) is 17.0 Å². The average Bonchev–Trinajstić information content (AvgIpc) is 2.25. The summed E-state index contributed by atoms with van der Waals surface area (Å²) in [5, 5.41) is 2.95. The molecule has 0 aliphatic carbocycles. The largest absolute Gasteiger partial charge is 0.362 e. The number of aryl methyl sites for hydroxylation is 2. The Labute approximate surface area is 91.3 Å². The van der Waals surface area contributed by atoms with Crippen LogP contribution in [-0.2, 0) is 11.2 Å². The van der Waals surface area contributed by atoms with Crippen molar-refractivity contribution >= 4 is 5.91 Å². The van der Waals surface area contributed by atoms with Crippen molar-refractivity contribution in [2.24, 2.45) is 0 Å². The van der Waals surface area contributed by atoms with Gasteiger partial charge in [-0.3, -0.25) is 4.79 Å². The maximum atomic E-state index is 11.7. The van der Waals surface area contributed by atoms with E-state index in [9.17, 15) is 4.79 Å². The van der Waals surface area contributed by atoms with E-state index in [-0.39, 0.29) is 11.4 Å². The van der Waals surface area contributed by atoms with Crippen LogP contribution >= 0.6 is 0 Å². The number of H-pyrrole nitrogens is 1. The SMILES string of the molecule is Cc1cc(CC(=O)NC(C)(C)C)c(C)[nH]1. The van der Waals surface area contributed by atoms with Crippen LogP contribution in [0.4, 0.5) is 0 Å². The van der Waals surface area contributed by atoms with Gasteiger partial charge in [0.25, 0.3) is 0 Å². The van der Waals surface area contributed by atoms with Crippen molar-refractivity contribution in [1.29, 1.82) is 0 Å². The minimum atomic E-state index is -0.156. The minimum Gasteiger partial charge on any atom is -0.362 e. The van der Waals surface area contributed by atoms with Crippen LogP contribution in [0, 0.1) is 13.8 Å². The maximum Gasteiger partial charge on any atom is 0.224 e. The molecule has 1 rings (SSSR count). The number of hydrogen-bond donors (Lipinski definition) is 2. The van der Waals surface area contributed by atoms with Crippen LogP contribution in [0.5, 0.6) is 0 Å². The van der Waals surface area contributed by atoms with Gasteiger partial charge in [-0.05, 0) is 46.2 Å². The van der Waals surface area contributed by atoms with Crippen molar-refractivity contribution in [3.63, 3.8) is 0 Å². The third kappa shape index (κ3) is 3.78. The maximum absolute atomic E-state index is 11.7. The van der Waals surface area contributed by atoms with Crippen molar-refractivity contribution in [3.05, 3.63) is 23.0 Å². The predicted octanol–water partition coefficient (Wildman–Crippen LogP) is 2.09. The Bertz CT molecular complexity index is 358. The number of carbonyl (C=O) groups is 1. The first-order valence-corrected chi connectivity index (χ1v) is 5.24. The lowest BCUT2D eigenvalue weighted by molar-refractivity contribution is -0.121. The second-order valence-corrected chi connectivity index (χ2v) is 5.08. The van der Waals surface area contributed by atoms with Gasteiger partial charge in [-0.25, -0.2) is 0 Å². The predicted molar refractivity (Wildman–Crippen MR) is 61.9 cm³/mol. The molecule has 1 amide bonds. The van der Waals surface area contributed by atoms with Gasteiger partial charge in [0.15, 0.2) is 0 Å². The van der Waals surface area contributed by atoms with Gasteiger partial charge < -0.3 is 10.3 Å². The minimum absolute atomic E-state index is 0.0737. The number of amides is 1. The molecule has 1 aromatic heterocycles. The summed E-state index contributed by atoms with van der Waals surface area (Å²) in [7, 11) is 0. The summed E-state index contributed by atoms with van der Waals surface area (Å²) in [6.45, 7) is 9.95. The van der Waals surface area contributed by atoms with E-state index in [1.807, 2.05) is 40.7 Å². The van der Waals surface area contributed by atoms with Gasteiger partial charge in [-0.15, -0.1) is 0 Å². The molecule has 0 aliphatic heterocycles. The summed E-state index contributed by atoms with van der Waals surface area (Å²) in [5.41, 5.74) is 3.10. The number of aromatic amines is 1. The van der Waals surface area contributed by atoms with E-state index in [2.05, 4.69) is 10.3 Å². The molecule has 0 fully saturated rings. The third-order valence-electron chi connectivity index (χ3n) is 2.12. The molecule has 0 saturated heterocycles. The Kier molecular flexibility index (Phi) is 3.22. The molecule has 0 unspecified atom stereocenters. The zero-order valence-corrected chi connectivity index (χ0v) is 10.2. The zero-order valence-electron chi connectivity index (χ0n) is 10.2. The van der Waals surface area contributed by atoms with Gasteiger partial charge in [0.2, 0.25) is 5.91 Å². The van der Waals surface area contributed by atoms with Crippen LogP contribution in [-0.4, -0.2) is 16.4 Å². The highest BCUT2D eigenvalue weighted by Crippen LogP contribution is 2.10. The molecular weight excluding hydrogens is 188 g/mol. The van der Waals surface area contributed by atoms with Gasteiger partial charge in [-0.1, -0.05) is 0 Å². The number of nitrogens with one attached hydrogen (secondary N) is 2. The smallest absolute Gasteiger partial charge is 0.224 e. The quantitative estimate of drug-likeness (QED) is 0.768. The standard InChI is InChI=1S/C12H20N2O/c1-8-6-10(9(2)13-8)7-11(15)14-12(3,4)5/h6,13H,7H2,1-5H3,(H,14,15). The van der Waals surface area contributed by atoms with E-state index >= 15 is 0 Å². The average molecular weight is 208 g/mol. The Morgan fingerprint density at radius 2 is 2.00 bits per heavy atom. The lowest BCUT2D eigenvalue weighted by Crippen LogP contribution is -2.41. The van der Waals surface area contributed by atoms with Crippen molar-refractivity contribution in [2.45, 2.75) is 46.6 Å². The van der Waals surface area contributed by atoms with Crippen molar-refractivity contribution in [1.82, 2.24) is 10.3 Å². The molecule has 0 atom stereocenters. The molecule has 84 valence electrons. The zero-order chi connectivity index (χ0) is 11.6. The van der Waals surface area contributed by atoms with Crippen molar-refractivity contribution in [2.75, 3.05) is 0 Å². The molecule has 0 radical (unpaired) electrons. The lowest BCUT2D eigenvalue weighted by atomic mass is 10.1. The number of hydrogen-bond acceptors (Lipinski definition) is 1. The van der Waals surface area contributed by atoms with Gasteiger partial charge >= 0.3 is 0 Å². The second kappa shape index (κ2) is 4.09. The monoisotopic (exact) mass is 208 g/mol. The van der Waals surface area contributed by atoms with E-state index in [0.29, 0.717) is 6.42 Å². The van der Waals surface area contributed by atoms with E-state index in [1.165, 1.54) is 0 Å². The Morgan fingerprint density at radius 3 is 2.40 bits per heavy atom. The van der Waals surface area contributed by atoms with Gasteiger partial charge in [-0.2, -0.15) is 0 Å². The Hall–Kier alpha value is -1.25. The molecule has 0 saturated carbocycles. The molecule has 0 aromatic carbocycles. The van der Waals surface area contributed by atoms with Crippen molar-refractivity contribution in [3.8, 4) is 0 Å². The summed E-state index contributed by atoms with van der Waals surface area (Å²) in [6, 6.07) is 2.03. The molecular formula is C12H20N2O. The first kappa shape index (κ1) is 11.8. The van der Waals surface area contributed by atoms with Crippen LogP contribution < -0.4 is 5.32 Å². The first-order chi connectivity index (χ1) is 6.78. The van der Waals surface area contributed by atoms with Gasteiger partial charge in [0.05, 0.1) is 6.42 Å². The fourth-order valence-electron chi connectivity index (χ4n) is 1.60. The molecule has 3 heteroatoms. The highest BCUT2D eigenvalue weighted by atomic mass is 16.1. The van der Waals surface area contributed by atoms with Crippen LogP contribution in [0.1, 0.15) is 37.7 Å². The topological polar surface area (TPSA) is 44.9 Å². The summed E-state index contributed by atoms with van der Waals surface area (Å²) in [5.74, 6) is 0.0737. The summed E-state index contributed by atoms with van der Waals surface area (Å²) >= 11 is 0. The first-order valence-electron chi connectivity index (χ1n) is 5.24. The highest BCUT2D eigenvalue weighted by Gasteiger charge is 2.15. The van der Waals surface area contributed by atoms with Gasteiger partial charge in [0.1, 0.15) is 0 Å². The molecule has 0 spiro atoms. The summed E-state index contributed by atoms with van der Waals surface area (Å²) < 4.78 is 0. The summed E-state index contributed by atoms with van der Waals surface area (Å²) in [4.78, 5) is 14.9. The molecule has 3 nitrogen and oxygen atoms in total. The second-order valence-electron chi connectivity index (χ2n) is 5.08. The Balaban J connectivity index is 2.63. The Morgan fingerprint density at radius 1 is 1.40 bits per heavy atom. The van der Waals surface area contributed by atoms with E-state index in [1.54, 1.807) is 0 Å². The van der Waals surface area contributed by atoms with Crippen molar-refractivity contribution < 1.29 is 4.79 Å². The van der Waals surface area contributed by atoms with Crippen LogP contribution in [0.25, 0.3) is 0 Å². The van der Waals surface area contributed by atoms with Crippen LogP contribution in [0.2, 0.25) is 0 Å². The number of rotatable bonds is 2. The highest BCUT2D eigenvalue weighted by molar-refractivity contribution is 5.79. The molecule has 2 N–H and O–H groups in total. The van der Waals surface area contributed by atoms with Gasteiger partial charge in [0, 0.05) is 16.9 Å². The van der Waals surface area contributed by atoms with Crippen LogP contribution in [0.15, 0.2) is 6.07 Å². The summed E-state index contributed by atoms with van der Waals surface area (Å²) in [6.07, 6.45) is 0.452. The lowest BCUT2D eigenvalue weighted by Gasteiger charge is -2.20. The molecule has 0 aliphatic rings. The number of carbonyl (C=O) groups excluding carboxylic acids is 1. The van der Waals surface area contributed by atoms with E-state index < -0.39 is 0 Å². The third-order valence-corrected chi connectivity index (χ3v) is 2.12. The molecule has 15 heavy (non-hydrogen) atoms. The fourth-order valence-corrected chi connectivity index (χ4v) is 1.60. The number of aromatic nitrogens is 1. The molecule has 1 heterocycles. The fraction of sp³-hybridized carbons (Fsp3) is 0.583.